The molecule has 0 unspecified atom stereocenters. The summed E-state index contributed by atoms with van der Waals surface area (Å²) in [4.78, 5) is 37.4. The van der Waals surface area contributed by atoms with Crippen LogP contribution in [-0.2, 0) is 33.8 Å². The lowest BCUT2D eigenvalue weighted by Crippen LogP contribution is -2.53. The zero-order valence-corrected chi connectivity index (χ0v) is 16.4. The first-order valence-corrected chi connectivity index (χ1v) is 9.81. The Balaban J connectivity index is 1.73. The lowest BCUT2D eigenvalue weighted by Gasteiger charge is -2.21. The van der Waals surface area contributed by atoms with Gasteiger partial charge in [0.15, 0.2) is 0 Å². The van der Waals surface area contributed by atoms with Gasteiger partial charge in [0, 0.05) is 38.5 Å². The normalized spacial score (nSPS) is 21.8. The van der Waals surface area contributed by atoms with Crippen LogP contribution in [0.1, 0.15) is 31.0 Å². The molecule has 29 heavy (non-hydrogen) atoms. The molecule has 9 heteroatoms. The van der Waals surface area contributed by atoms with Gasteiger partial charge in [0.05, 0.1) is 5.69 Å². The molecule has 2 atom stereocenters. The zero-order valence-electron chi connectivity index (χ0n) is 16.4. The van der Waals surface area contributed by atoms with Crippen LogP contribution in [0, 0.1) is 0 Å². The van der Waals surface area contributed by atoms with Crippen LogP contribution in [0.15, 0.2) is 36.5 Å². The molecular weight excluding hydrogens is 372 g/mol. The molecule has 2 bridgehead atoms. The van der Waals surface area contributed by atoms with Crippen LogP contribution in [0.4, 0.5) is 0 Å². The molecule has 9 nitrogen and oxygen atoms in total. The Bertz CT molecular complexity index is 851. The van der Waals surface area contributed by atoms with Gasteiger partial charge < -0.3 is 16.0 Å². The van der Waals surface area contributed by atoms with Crippen LogP contribution in [0.2, 0.25) is 0 Å². The molecule has 0 aliphatic carbocycles. The van der Waals surface area contributed by atoms with Crippen molar-refractivity contribution in [2.45, 2.75) is 51.2 Å². The molecule has 2 aromatic rings. The number of benzene rings is 1. The molecule has 3 rings (SSSR count). The Hall–Kier alpha value is -3.23. The SMILES string of the molecule is C[C@@H]1NC(=O)CCc2cn(nn2)CCCNC(=O)[C@H](Cc2ccccc2)NC1=O. The summed E-state index contributed by atoms with van der Waals surface area (Å²) in [6.45, 7) is 2.66. The first kappa shape index (κ1) is 20.5. The summed E-state index contributed by atoms with van der Waals surface area (Å²) in [6, 6.07) is 8.01. The van der Waals surface area contributed by atoms with Crippen molar-refractivity contribution in [3.8, 4) is 0 Å². The highest BCUT2D eigenvalue weighted by Gasteiger charge is 2.24. The largest absolute Gasteiger partial charge is 0.354 e. The van der Waals surface area contributed by atoms with Crippen LogP contribution in [0.5, 0.6) is 0 Å². The minimum absolute atomic E-state index is 0.213. The Kier molecular flexibility index (Phi) is 6.94. The van der Waals surface area contributed by atoms with Crippen LogP contribution in [0.25, 0.3) is 0 Å². The van der Waals surface area contributed by atoms with Crippen molar-refractivity contribution >= 4 is 17.7 Å². The lowest BCUT2D eigenvalue weighted by molar-refractivity contribution is -0.131. The van der Waals surface area contributed by atoms with E-state index in [1.54, 1.807) is 17.8 Å². The van der Waals surface area contributed by atoms with Crippen LogP contribution >= 0.6 is 0 Å². The summed E-state index contributed by atoms with van der Waals surface area (Å²) in [6.07, 6.45) is 3.51. The van der Waals surface area contributed by atoms with E-state index >= 15 is 0 Å². The molecule has 2 heterocycles. The van der Waals surface area contributed by atoms with Crippen molar-refractivity contribution in [2.75, 3.05) is 6.54 Å². The third kappa shape index (κ3) is 6.13. The fraction of sp³-hybridized carbons (Fsp3) is 0.450. The van der Waals surface area contributed by atoms with Gasteiger partial charge >= 0.3 is 0 Å². The van der Waals surface area contributed by atoms with E-state index in [2.05, 4.69) is 26.3 Å². The third-order valence-corrected chi connectivity index (χ3v) is 4.74. The summed E-state index contributed by atoms with van der Waals surface area (Å²) in [5.74, 6) is -0.905. The molecule has 1 aromatic heterocycles. The van der Waals surface area contributed by atoms with Crippen molar-refractivity contribution in [3.05, 3.63) is 47.8 Å². The number of aromatic nitrogens is 3. The summed E-state index contributed by atoms with van der Waals surface area (Å²) >= 11 is 0. The Morgan fingerprint density at radius 2 is 1.86 bits per heavy atom. The Labute approximate surface area is 169 Å². The summed E-state index contributed by atoms with van der Waals surface area (Å²) in [5, 5.41) is 16.4. The van der Waals surface area contributed by atoms with Gasteiger partial charge in [0.2, 0.25) is 17.7 Å². The number of hydrogen-bond acceptors (Lipinski definition) is 5. The third-order valence-electron chi connectivity index (χ3n) is 4.74. The average molecular weight is 398 g/mol. The number of aryl methyl sites for hydroxylation is 2. The molecule has 0 spiro atoms. The monoisotopic (exact) mass is 398 g/mol. The smallest absolute Gasteiger partial charge is 0.242 e. The number of nitrogens with one attached hydrogen (secondary N) is 3. The quantitative estimate of drug-likeness (QED) is 0.656. The number of rotatable bonds is 2. The van der Waals surface area contributed by atoms with Crippen molar-refractivity contribution < 1.29 is 14.4 Å². The van der Waals surface area contributed by atoms with E-state index in [-0.39, 0.29) is 18.2 Å². The predicted octanol–water partition coefficient (Wildman–Crippen LogP) is -0.0372. The zero-order chi connectivity index (χ0) is 20.6. The number of fused-ring (bicyclic) bond motifs is 2. The highest BCUT2D eigenvalue weighted by atomic mass is 16.2. The predicted molar refractivity (Wildman–Crippen MR) is 106 cm³/mol. The molecular formula is C20H26N6O3. The van der Waals surface area contributed by atoms with Gasteiger partial charge in [-0.15, -0.1) is 5.10 Å². The fourth-order valence-electron chi connectivity index (χ4n) is 3.11. The van der Waals surface area contributed by atoms with E-state index in [9.17, 15) is 14.4 Å². The minimum atomic E-state index is -0.753. The highest BCUT2D eigenvalue weighted by molar-refractivity contribution is 5.92. The van der Waals surface area contributed by atoms with Gasteiger partial charge in [-0.25, -0.2) is 0 Å². The molecule has 1 aliphatic heterocycles. The van der Waals surface area contributed by atoms with E-state index in [1.165, 1.54) is 0 Å². The maximum atomic E-state index is 12.7. The van der Waals surface area contributed by atoms with E-state index in [0.717, 1.165) is 11.3 Å². The van der Waals surface area contributed by atoms with E-state index < -0.39 is 18.0 Å². The summed E-state index contributed by atoms with van der Waals surface area (Å²) < 4.78 is 1.71. The average Bonchev–Trinajstić information content (AvgIpc) is 3.17. The van der Waals surface area contributed by atoms with Gasteiger partial charge in [0.1, 0.15) is 12.1 Å². The molecule has 0 radical (unpaired) electrons. The minimum Gasteiger partial charge on any atom is -0.354 e. The molecule has 1 aliphatic rings. The molecule has 3 amide bonds. The van der Waals surface area contributed by atoms with Crippen molar-refractivity contribution in [1.29, 1.82) is 0 Å². The van der Waals surface area contributed by atoms with E-state index in [4.69, 9.17) is 0 Å². The molecule has 154 valence electrons. The van der Waals surface area contributed by atoms with Crippen LogP contribution < -0.4 is 16.0 Å². The summed E-state index contributed by atoms with van der Waals surface area (Å²) in [5.41, 5.74) is 1.66. The number of hydrogen-bond donors (Lipinski definition) is 3. The topological polar surface area (TPSA) is 118 Å². The second-order valence-electron chi connectivity index (χ2n) is 7.16. The maximum Gasteiger partial charge on any atom is 0.242 e. The molecule has 0 saturated heterocycles. The fourth-order valence-corrected chi connectivity index (χ4v) is 3.11. The van der Waals surface area contributed by atoms with E-state index in [1.807, 2.05) is 30.3 Å². The summed E-state index contributed by atoms with van der Waals surface area (Å²) in [7, 11) is 0. The Morgan fingerprint density at radius 3 is 2.66 bits per heavy atom. The van der Waals surface area contributed by atoms with Gasteiger partial charge in [0.25, 0.3) is 0 Å². The van der Waals surface area contributed by atoms with Gasteiger partial charge in [-0.05, 0) is 18.9 Å². The molecule has 0 saturated carbocycles. The number of carbonyl (C=O) groups excluding carboxylic acids is 3. The first-order valence-electron chi connectivity index (χ1n) is 9.81. The lowest BCUT2D eigenvalue weighted by atomic mass is 10.0. The number of nitrogens with zero attached hydrogens (tertiary/aromatic N) is 3. The number of amides is 3. The van der Waals surface area contributed by atoms with Crippen LogP contribution in [-0.4, -0.2) is 51.3 Å². The Morgan fingerprint density at radius 1 is 1.07 bits per heavy atom. The maximum absolute atomic E-state index is 12.7. The highest BCUT2D eigenvalue weighted by Crippen LogP contribution is 2.05. The van der Waals surface area contributed by atoms with Crippen molar-refractivity contribution in [3.63, 3.8) is 0 Å². The van der Waals surface area contributed by atoms with Gasteiger partial charge in [-0.1, -0.05) is 35.5 Å². The van der Waals surface area contributed by atoms with Crippen molar-refractivity contribution in [1.82, 2.24) is 30.9 Å². The van der Waals surface area contributed by atoms with E-state index in [0.29, 0.717) is 32.4 Å². The molecule has 3 N–H and O–H groups in total. The molecule has 0 fully saturated rings. The standard InChI is InChI=1S/C20H26N6O3/c1-14-19(28)23-17(12-15-6-3-2-4-7-15)20(29)21-10-5-11-26-13-16(24-25-26)8-9-18(27)22-14/h2-4,6-7,13-14,17H,5,8-12H2,1H3,(H,21,29)(H,22,27)(H,23,28)/t14-,17-/m0/s1. The molecule has 1 aromatic carbocycles. The second-order valence-corrected chi connectivity index (χ2v) is 7.16. The number of carbonyl (C=O) groups is 3. The van der Waals surface area contributed by atoms with Crippen molar-refractivity contribution in [2.24, 2.45) is 0 Å². The first-order chi connectivity index (χ1) is 14.0. The second kappa shape index (κ2) is 9.81. The van der Waals surface area contributed by atoms with Gasteiger partial charge in [-0.3, -0.25) is 19.1 Å². The van der Waals surface area contributed by atoms with Gasteiger partial charge in [-0.2, -0.15) is 0 Å². The van der Waals surface area contributed by atoms with Crippen LogP contribution in [0.3, 0.4) is 0 Å².